The maximum Gasteiger partial charge on any atom is 0.323 e. The summed E-state index contributed by atoms with van der Waals surface area (Å²) < 4.78 is 0. The third kappa shape index (κ3) is 24.8. The van der Waals surface area contributed by atoms with Crippen molar-refractivity contribution in [3.8, 4) is 0 Å². The van der Waals surface area contributed by atoms with E-state index in [0.29, 0.717) is 6.54 Å². The van der Waals surface area contributed by atoms with Crippen LogP contribution >= 0.6 is 0 Å². The van der Waals surface area contributed by atoms with Gasteiger partial charge in [0.15, 0.2) is 0 Å². The quantitative estimate of drug-likeness (QED) is 0.208. The van der Waals surface area contributed by atoms with E-state index >= 15 is 0 Å². The van der Waals surface area contributed by atoms with Gasteiger partial charge in [0, 0.05) is 0 Å². The van der Waals surface area contributed by atoms with Gasteiger partial charge in [-0.3, -0.25) is 9.59 Å². The first-order valence-corrected chi connectivity index (χ1v) is 11.0. The van der Waals surface area contributed by atoms with E-state index in [1.807, 2.05) is 0 Å². The molecule has 0 saturated heterocycles. The molecule has 0 aliphatic carbocycles. The zero-order valence-electron chi connectivity index (χ0n) is 17.8. The van der Waals surface area contributed by atoms with Crippen LogP contribution in [0.15, 0.2) is 0 Å². The van der Waals surface area contributed by atoms with Crippen LogP contribution in [0.25, 0.3) is 0 Å². The van der Waals surface area contributed by atoms with Crippen LogP contribution in [-0.2, 0) is 9.59 Å². The van der Waals surface area contributed by atoms with Gasteiger partial charge in [-0.2, -0.15) is 0 Å². The van der Waals surface area contributed by atoms with E-state index in [0.717, 1.165) is 12.8 Å². The van der Waals surface area contributed by atoms with Crippen LogP contribution in [0.4, 0.5) is 0 Å². The van der Waals surface area contributed by atoms with Crippen LogP contribution in [0.3, 0.4) is 0 Å². The molecule has 28 heavy (non-hydrogen) atoms. The lowest BCUT2D eigenvalue weighted by atomic mass is 10.0. The number of aliphatic hydroxyl groups excluding tert-OH is 1. The number of rotatable bonds is 19. The minimum absolute atomic E-state index is 0.278. The fourth-order valence-electron chi connectivity index (χ4n) is 2.83. The Bertz CT molecular complexity index is 354. The van der Waals surface area contributed by atoms with Gasteiger partial charge in [0.1, 0.15) is 6.04 Å². The van der Waals surface area contributed by atoms with Crippen LogP contribution < -0.4 is 11.1 Å². The fraction of sp³-hybridized carbons (Fsp3) is 0.905. The SMILES string of the molecule is CCCCCCCCCCCCCCCCNC(CO)C(=O)O.NCC(=O)O. The third-order valence-corrected chi connectivity index (χ3v) is 4.58. The molecule has 0 aromatic heterocycles. The highest BCUT2D eigenvalue weighted by Gasteiger charge is 2.13. The minimum Gasteiger partial charge on any atom is -0.480 e. The van der Waals surface area contributed by atoms with E-state index in [-0.39, 0.29) is 13.2 Å². The maximum absolute atomic E-state index is 10.7. The molecule has 168 valence electrons. The topological polar surface area (TPSA) is 133 Å². The Morgan fingerprint density at radius 1 is 0.786 bits per heavy atom. The molecule has 0 saturated carbocycles. The summed E-state index contributed by atoms with van der Waals surface area (Å²) >= 11 is 0. The zero-order valence-corrected chi connectivity index (χ0v) is 17.8. The molecule has 0 spiro atoms. The highest BCUT2D eigenvalue weighted by Crippen LogP contribution is 2.12. The summed E-state index contributed by atoms with van der Waals surface area (Å²) in [6.07, 6.45) is 18.5. The molecule has 0 aliphatic heterocycles. The van der Waals surface area contributed by atoms with Crippen molar-refractivity contribution in [2.24, 2.45) is 5.73 Å². The molecular formula is C21H44N2O5. The summed E-state index contributed by atoms with van der Waals surface area (Å²) in [5.74, 6) is -1.94. The van der Waals surface area contributed by atoms with E-state index in [9.17, 15) is 9.59 Å². The van der Waals surface area contributed by atoms with Crippen LogP contribution in [-0.4, -0.2) is 53.0 Å². The normalized spacial score (nSPS) is 11.5. The second kappa shape index (κ2) is 23.9. The summed E-state index contributed by atoms with van der Waals surface area (Å²) in [5, 5.41) is 28.1. The number of carboxylic acid groups (broad SMARTS) is 2. The number of hydrogen-bond acceptors (Lipinski definition) is 5. The Morgan fingerprint density at radius 3 is 1.43 bits per heavy atom. The Balaban J connectivity index is 0. The molecule has 0 bridgehead atoms. The van der Waals surface area contributed by atoms with Crippen molar-refractivity contribution in [1.29, 1.82) is 0 Å². The molecule has 6 N–H and O–H groups in total. The van der Waals surface area contributed by atoms with Gasteiger partial charge in [-0.25, -0.2) is 0 Å². The monoisotopic (exact) mass is 404 g/mol. The number of aliphatic hydroxyl groups is 1. The lowest BCUT2D eigenvalue weighted by Gasteiger charge is -2.10. The second-order valence-corrected chi connectivity index (χ2v) is 7.22. The van der Waals surface area contributed by atoms with Crippen LogP contribution in [0.2, 0.25) is 0 Å². The average Bonchev–Trinajstić information content (AvgIpc) is 2.68. The van der Waals surface area contributed by atoms with Gasteiger partial charge in [-0.15, -0.1) is 0 Å². The Kier molecular flexibility index (Phi) is 24.7. The summed E-state index contributed by atoms with van der Waals surface area (Å²) in [7, 11) is 0. The van der Waals surface area contributed by atoms with Gasteiger partial charge >= 0.3 is 11.9 Å². The van der Waals surface area contributed by atoms with Crippen molar-refractivity contribution in [2.75, 3.05) is 19.7 Å². The van der Waals surface area contributed by atoms with Crippen LogP contribution in [0.1, 0.15) is 96.8 Å². The number of carboxylic acids is 2. The Labute approximate surface area is 171 Å². The van der Waals surface area contributed by atoms with Gasteiger partial charge in [-0.1, -0.05) is 90.4 Å². The molecule has 0 radical (unpaired) electrons. The average molecular weight is 405 g/mol. The molecule has 1 unspecified atom stereocenters. The molecule has 0 aromatic rings. The fourth-order valence-corrected chi connectivity index (χ4v) is 2.83. The van der Waals surface area contributed by atoms with E-state index in [2.05, 4.69) is 18.0 Å². The Hall–Kier alpha value is -1.18. The van der Waals surface area contributed by atoms with E-state index in [1.54, 1.807) is 0 Å². The molecule has 0 heterocycles. The predicted octanol–water partition coefficient (Wildman–Crippen LogP) is 3.53. The smallest absolute Gasteiger partial charge is 0.323 e. The van der Waals surface area contributed by atoms with Crippen molar-refractivity contribution < 1.29 is 24.9 Å². The highest BCUT2D eigenvalue weighted by atomic mass is 16.4. The van der Waals surface area contributed by atoms with Crippen molar-refractivity contribution in [3.05, 3.63) is 0 Å². The lowest BCUT2D eigenvalue weighted by Crippen LogP contribution is -2.40. The number of nitrogens with two attached hydrogens (primary N) is 1. The minimum atomic E-state index is -0.974. The Morgan fingerprint density at radius 2 is 1.14 bits per heavy atom. The van der Waals surface area contributed by atoms with Gasteiger partial charge in [0.25, 0.3) is 0 Å². The van der Waals surface area contributed by atoms with Gasteiger partial charge in [0.2, 0.25) is 0 Å². The molecule has 7 nitrogen and oxygen atoms in total. The van der Waals surface area contributed by atoms with E-state index in [1.165, 1.54) is 77.0 Å². The van der Waals surface area contributed by atoms with Crippen LogP contribution in [0, 0.1) is 0 Å². The number of aliphatic carboxylic acids is 2. The van der Waals surface area contributed by atoms with Crippen molar-refractivity contribution in [1.82, 2.24) is 5.32 Å². The van der Waals surface area contributed by atoms with Crippen molar-refractivity contribution in [2.45, 2.75) is 103 Å². The maximum atomic E-state index is 10.7. The first-order chi connectivity index (χ1) is 13.5. The number of nitrogens with one attached hydrogen (secondary N) is 1. The van der Waals surface area contributed by atoms with Crippen molar-refractivity contribution >= 4 is 11.9 Å². The van der Waals surface area contributed by atoms with Crippen molar-refractivity contribution in [3.63, 3.8) is 0 Å². The number of carbonyl (C=O) groups is 2. The van der Waals surface area contributed by atoms with Crippen LogP contribution in [0.5, 0.6) is 0 Å². The van der Waals surface area contributed by atoms with Gasteiger partial charge in [-0.05, 0) is 13.0 Å². The second-order valence-electron chi connectivity index (χ2n) is 7.22. The van der Waals surface area contributed by atoms with E-state index in [4.69, 9.17) is 15.3 Å². The first-order valence-electron chi connectivity index (χ1n) is 11.0. The number of unbranched alkanes of at least 4 members (excludes halogenated alkanes) is 13. The molecule has 1 atom stereocenters. The molecule has 0 aromatic carbocycles. The molecule has 0 amide bonds. The summed E-state index contributed by atoms with van der Waals surface area (Å²) in [4.78, 5) is 19.9. The summed E-state index contributed by atoms with van der Waals surface area (Å²) in [6.45, 7) is 2.32. The molecule has 0 fully saturated rings. The number of hydrogen-bond donors (Lipinski definition) is 5. The lowest BCUT2D eigenvalue weighted by molar-refractivity contribution is -0.140. The molecule has 0 rings (SSSR count). The highest BCUT2D eigenvalue weighted by molar-refractivity contribution is 5.73. The molecular weight excluding hydrogens is 360 g/mol. The first kappa shape index (κ1) is 29.0. The largest absolute Gasteiger partial charge is 0.480 e. The summed E-state index contributed by atoms with van der Waals surface area (Å²) in [6, 6.07) is -0.808. The molecule has 0 aliphatic rings. The zero-order chi connectivity index (χ0) is 21.5. The standard InChI is InChI=1S/C19H39NO3.C2H5NO2/c1-2-3-4-5-6-7-8-9-10-11-12-13-14-15-16-20-18(17-21)19(22)23;3-1-2(4)5/h18,20-21H,2-17H2,1H3,(H,22,23);1,3H2,(H,4,5). The van der Waals surface area contributed by atoms with Gasteiger partial charge in [0.05, 0.1) is 13.2 Å². The predicted molar refractivity (Wildman–Crippen MR) is 114 cm³/mol. The summed E-state index contributed by atoms with van der Waals surface area (Å²) in [5.41, 5.74) is 4.57. The van der Waals surface area contributed by atoms with Gasteiger partial charge < -0.3 is 26.4 Å². The third-order valence-electron chi connectivity index (χ3n) is 4.58. The van der Waals surface area contributed by atoms with E-state index < -0.39 is 18.0 Å². The molecule has 7 heteroatoms.